The van der Waals surface area contributed by atoms with E-state index in [-0.39, 0.29) is 5.41 Å². The topological polar surface area (TPSA) is 8.17 Å². The van der Waals surface area contributed by atoms with Crippen molar-refractivity contribution in [1.29, 1.82) is 0 Å². The number of nitrogens with zero attached hydrogens (tertiary/aromatic N) is 2. The first kappa shape index (κ1) is 34.5. The quantitative estimate of drug-likeness (QED) is 0.154. The van der Waals surface area contributed by atoms with E-state index in [0.29, 0.717) is 0 Å². The maximum absolute atomic E-state index is 2.49. The lowest BCUT2D eigenvalue weighted by molar-refractivity contribution is 0.660. The fraction of sp³-hybridized carbons (Fsp3) is 0.0833. The molecule has 0 atom stereocenters. The van der Waals surface area contributed by atoms with Crippen LogP contribution in [0.4, 0.5) is 17.1 Å². The molecule has 54 heavy (non-hydrogen) atoms. The number of halogens is 2. The molecule has 6 heteroatoms. The maximum Gasteiger partial charge on any atom is 0.0543 e. The molecule has 0 radical (unpaired) electrons. The molecule has 0 saturated carbocycles. The highest BCUT2D eigenvalue weighted by molar-refractivity contribution is 14.2. The van der Waals surface area contributed by atoms with Crippen LogP contribution in [-0.2, 0) is 5.41 Å². The average Bonchev–Trinajstić information content (AvgIpc) is 3.65. The van der Waals surface area contributed by atoms with Crippen LogP contribution in [0.5, 0.6) is 0 Å². The van der Waals surface area contributed by atoms with Crippen molar-refractivity contribution in [3.05, 3.63) is 168 Å². The van der Waals surface area contributed by atoms with Crippen molar-refractivity contribution < 1.29 is 0 Å². The first-order valence-corrected chi connectivity index (χ1v) is 24.8. The maximum atomic E-state index is 2.49. The van der Waals surface area contributed by atoms with Crippen LogP contribution in [0.25, 0.3) is 60.2 Å². The molecular formula is C48H34I2N2S2. The number of fused-ring (bicyclic) bond motifs is 9. The number of hydrogen-bond acceptors (Lipinski definition) is 3. The second kappa shape index (κ2) is 13.4. The Labute approximate surface area is 348 Å². The van der Waals surface area contributed by atoms with E-state index in [9.17, 15) is 0 Å². The number of anilines is 3. The monoisotopic (exact) mass is 956 g/mol. The summed E-state index contributed by atoms with van der Waals surface area (Å²) in [5.74, 6) is 0. The number of aryl methyl sites for hydroxylation is 1. The van der Waals surface area contributed by atoms with Crippen molar-refractivity contribution in [2.45, 2.75) is 36.0 Å². The molecule has 1 aliphatic rings. The molecule has 0 unspecified atom stereocenters. The Bertz CT molecular complexity index is 2900. The molecule has 0 N–H and O–H groups in total. The van der Waals surface area contributed by atoms with Crippen LogP contribution in [0.3, 0.4) is 0 Å². The van der Waals surface area contributed by atoms with Gasteiger partial charge in [0.25, 0.3) is 0 Å². The minimum Gasteiger partial charge on any atom is -0.309 e. The Morgan fingerprint density at radius 2 is 1.17 bits per heavy atom. The fourth-order valence-corrected chi connectivity index (χ4v) is 10.9. The van der Waals surface area contributed by atoms with Gasteiger partial charge in [0.2, 0.25) is 0 Å². The van der Waals surface area contributed by atoms with Crippen molar-refractivity contribution in [3.8, 4) is 16.8 Å². The predicted octanol–water partition coefficient (Wildman–Crippen LogP) is 16.1. The van der Waals surface area contributed by atoms with Gasteiger partial charge in [-0.2, -0.15) is 0 Å². The van der Waals surface area contributed by atoms with E-state index in [1.54, 1.807) is 17.9 Å². The Balaban J connectivity index is 1.21. The third-order valence-corrected chi connectivity index (χ3v) is 15.2. The minimum absolute atomic E-state index is 0.244. The molecule has 0 aliphatic heterocycles. The molecule has 0 fully saturated rings. The van der Waals surface area contributed by atoms with E-state index in [0.717, 1.165) is 5.69 Å². The molecule has 0 amide bonds. The van der Waals surface area contributed by atoms with Crippen molar-refractivity contribution in [3.63, 3.8) is 0 Å². The Hall–Kier alpha value is -3.96. The molecule has 9 aromatic rings. The summed E-state index contributed by atoms with van der Waals surface area (Å²) in [5.41, 5.74) is 13.6. The largest absolute Gasteiger partial charge is 0.309 e. The third-order valence-electron chi connectivity index (χ3n) is 11.3. The smallest absolute Gasteiger partial charge is 0.0543 e. The van der Waals surface area contributed by atoms with E-state index >= 15 is 0 Å². The van der Waals surface area contributed by atoms with Gasteiger partial charge in [-0.15, -0.1) is 0 Å². The summed E-state index contributed by atoms with van der Waals surface area (Å²) in [5, 5.41) is 7.58. The molecule has 1 aromatic heterocycles. The molecule has 262 valence electrons. The van der Waals surface area contributed by atoms with Crippen LogP contribution in [0.1, 0.15) is 30.5 Å². The van der Waals surface area contributed by atoms with E-state index < -0.39 is 0 Å². The van der Waals surface area contributed by atoms with Crippen LogP contribution in [0.15, 0.2) is 161 Å². The molecule has 8 aromatic carbocycles. The van der Waals surface area contributed by atoms with E-state index in [1.165, 1.54) is 98.0 Å². The second-order valence-corrected chi connectivity index (χ2v) is 18.6. The fourth-order valence-electron chi connectivity index (χ4n) is 8.74. The summed E-state index contributed by atoms with van der Waals surface area (Å²) in [6.45, 7) is 6.98. The third kappa shape index (κ3) is 5.34. The lowest BCUT2D eigenvalue weighted by Crippen LogP contribution is -2.17. The van der Waals surface area contributed by atoms with Crippen LogP contribution in [0, 0.1) is 6.92 Å². The summed E-state index contributed by atoms with van der Waals surface area (Å²) in [6, 6.07) is 56.9. The zero-order valence-electron chi connectivity index (χ0n) is 29.9. The number of hydrogen-bond donors (Lipinski definition) is 0. The molecule has 0 spiro atoms. The number of rotatable bonds is 6. The Kier molecular flexibility index (Phi) is 8.54. The summed E-state index contributed by atoms with van der Waals surface area (Å²) in [7, 11) is 3.54. The first-order chi connectivity index (χ1) is 26.4. The van der Waals surface area contributed by atoms with Crippen molar-refractivity contribution >= 4 is 121 Å². The van der Waals surface area contributed by atoms with Crippen molar-refractivity contribution in [1.82, 2.24) is 4.57 Å². The zero-order chi connectivity index (χ0) is 36.7. The molecule has 1 aliphatic carbocycles. The zero-order valence-corrected chi connectivity index (χ0v) is 35.8. The van der Waals surface area contributed by atoms with E-state index in [4.69, 9.17) is 0 Å². The van der Waals surface area contributed by atoms with Gasteiger partial charge in [0, 0.05) is 90.5 Å². The minimum atomic E-state index is -0.244. The lowest BCUT2D eigenvalue weighted by Gasteiger charge is -2.30. The Morgan fingerprint density at radius 3 is 1.85 bits per heavy atom. The predicted molar refractivity (Wildman–Crippen MR) is 253 cm³/mol. The van der Waals surface area contributed by atoms with Gasteiger partial charge in [0.1, 0.15) is 0 Å². The lowest BCUT2D eigenvalue weighted by atomic mass is 9.81. The molecular weight excluding hydrogens is 922 g/mol. The normalized spacial score (nSPS) is 13.2. The first-order valence-electron chi connectivity index (χ1n) is 18.1. The summed E-state index contributed by atoms with van der Waals surface area (Å²) in [4.78, 5) is 5.02. The molecule has 0 bridgehead atoms. The van der Waals surface area contributed by atoms with Crippen LogP contribution in [-0.4, -0.2) is 4.57 Å². The second-order valence-electron chi connectivity index (χ2n) is 14.7. The molecule has 2 nitrogen and oxygen atoms in total. The number of aromatic nitrogens is 1. The highest BCUT2D eigenvalue weighted by Crippen LogP contribution is 2.55. The van der Waals surface area contributed by atoms with E-state index in [1.807, 2.05) is 0 Å². The van der Waals surface area contributed by atoms with Gasteiger partial charge in [-0.25, -0.2) is 0 Å². The highest BCUT2D eigenvalue weighted by atomic mass is 127. The van der Waals surface area contributed by atoms with Crippen LogP contribution >= 0.6 is 60.3 Å². The summed E-state index contributed by atoms with van der Waals surface area (Å²) in [6.07, 6.45) is 0. The average molecular weight is 957 g/mol. The van der Waals surface area contributed by atoms with Crippen molar-refractivity contribution in [2.75, 3.05) is 4.90 Å². The van der Waals surface area contributed by atoms with Gasteiger partial charge < -0.3 is 9.47 Å². The van der Waals surface area contributed by atoms with Gasteiger partial charge in [0.05, 0.1) is 22.4 Å². The van der Waals surface area contributed by atoms with Crippen molar-refractivity contribution in [2.24, 2.45) is 0 Å². The number of benzene rings is 8. The van der Waals surface area contributed by atoms with Crippen LogP contribution in [0.2, 0.25) is 0 Å². The standard InChI is InChI=1S/C48H34I2N2S2/c1-29-15-17-31(18-16-29)51(43-14-8-10-30-9-4-5-11-35(30)43)46-28-42-47(37-13-7-6-12-36(37)46)38-22-19-32(25-41(38)48(42,2)3)52-44-23-20-33(53-49)26-39(44)40-27-34(54-50)21-24-45(40)52/h4-28H,1-3H3. The highest BCUT2D eigenvalue weighted by Gasteiger charge is 2.38. The molecule has 0 saturated heterocycles. The SMILES string of the molecule is Cc1ccc(N(c2cccc3ccccc23)c2cc3c(c4ccccc24)-c2ccc(-n4c5ccc(SI)cc5c5cc(SI)ccc54)cc2C3(C)C)cc1. The van der Waals surface area contributed by atoms with Gasteiger partial charge in [-0.3, -0.25) is 0 Å². The van der Waals surface area contributed by atoms with Gasteiger partial charge in [0.15, 0.2) is 0 Å². The summed E-state index contributed by atoms with van der Waals surface area (Å²) < 4.78 is 2.47. The Morgan fingerprint density at radius 1 is 0.537 bits per heavy atom. The summed E-state index contributed by atoms with van der Waals surface area (Å²) >= 11 is 4.78. The van der Waals surface area contributed by atoms with E-state index in [2.05, 4.69) is 224 Å². The van der Waals surface area contributed by atoms with Crippen LogP contribution < -0.4 is 4.90 Å². The molecule has 1 heterocycles. The van der Waals surface area contributed by atoms with Gasteiger partial charge in [-0.05, 0) is 113 Å². The van der Waals surface area contributed by atoms with Gasteiger partial charge >= 0.3 is 0 Å². The van der Waals surface area contributed by atoms with Gasteiger partial charge in [-0.1, -0.05) is 116 Å². The molecule has 10 rings (SSSR count).